The Morgan fingerprint density at radius 3 is 2.53 bits per heavy atom. The van der Waals surface area contributed by atoms with Gasteiger partial charge < -0.3 is 15.0 Å². The summed E-state index contributed by atoms with van der Waals surface area (Å²) in [7, 11) is 0. The Morgan fingerprint density at radius 2 is 2.05 bits per heavy atom. The predicted molar refractivity (Wildman–Crippen MR) is 72.3 cm³/mol. The fourth-order valence-corrected chi connectivity index (χ4v) is 1.99. The molecule has 0 spiro atoms. The molecule has 1 heterocycles. The maximum absolute atomic E-state index is 11.8. The van der Waals surface area contributed by atoms with Crippen molar-refractivity contribution in [2.45, 2.75) is 13.5 Å². The molecule has 1 aromatic carbocycles. The highest BCUT2D eigenvalue weighted by Gasteiger charge is 2.07. The number of hydrogen-bond donors (Lipinski definition) is 3. The van der Waals surface area contributed by atoms with Crippen LogP contribution in [0.15, 0.2) is 29.1 Å². The number of H-pyrrole nitrogens is 1. The van der Waals surface area contributed by atoms with E-state index >= 15 is 0 Å². The van der Waals surface area contributed by atoms with E-state index in [9.17, 15) is 13.6 Å². The summed E-state index contributed by atoms with van der Waals surface area (Å²) in [6.07, 6.45) is 0. The van der Waals surface area contributed by atoms with Crippen LogP contribution < -0.4 is 16.0 Å². The van der Waals surface area contributed by atoms with Crippen molar-refractivity contribution in [2.24, 2.45) is 0 Å². The highest BCUT2D eigenvalue weighted by molar-refractivity contribution is 7.80. The lowest BCUT2D eigenvalue weighted by atomic mass is 10.2. The summed E-state index contributed by atoms with van der Waals surface area (Å²) in [5.41, 5.74) is 7.26. The van der Waals surface area contributed by atoms with E-state index < -0.39 is 11.3 Å². The first-order valence-electron chi connectivity index (χ1n) is 5.47. The Balaban J connectivity index is 2.17. The van der Waals surface area contributed by atoms with E-state index in [0.29, 0.717) is 23.6 Å². The van der Waals surface area contributed by atoms with Crippen LogP contribution in [0.1, 0.15) is 11.1 Å². The van der Waals surface area contributed by atoms with Gasteiger partial charge in [0.15, 0.2) is 0 Å². The fourth-order valence-electron chi connectivity index (χ4n) is 1.67. The average Bonchev–Trinajstić information content (AvgIpc) is 2.59. The number of anilines is 2. The number of hydrogen-bond acceptors (Lipinski definition) is 4. The van der Waals surface area contributed by atoms with Crippen LogP contribution in [0.25, 0.3) is 0 Å². The third kappa shape index (κ3) is 3.04. The Bertz CT molecular complexity index is 660. The smallest absolute Gasteiger partial charge is 0.271 e. The Morgan fingerprint density at radius 1 is 1.42 bits per heavy atom. The van der Waals surface area contributed by atoms with Gasteiger partial charge in [0, 0.05) is 17.0 Å². The molecule has 0 aliphatic carbocycles. The van der Waals surface area contributed by atoms with Crippen molar-refractivity contribution in [3.63, 3.8) is 0 Å². The summed E-state index contributed by atoms with van der Waals surface area (Å²) in [6, 6.07) is 6.70. The van der Waals surface area contributed by atoms with Gasteiger partial charge in [-0.05, 0) is 24.6 Å². The van der Waals surface area contributed by atoms with Crippen LogP contribution in [-0.2, 0) is 17.8 Å². The molecule has 1 atom stereocenters. The molecule has 102 valence electrons. The first kappa shape index (κ1) is 13.4. The standard InChI is InChI=1S/C11H14N4O3S/c1-7-10(12)13-15(11(7)16)6-8-2-4-9(5-3-8)14-19(17)18/h2-5,13-14H,6,12H2,1H3,(H,17,18)/p-1. The van der Waals surface area contributed by atoms with Crippen LogP contribution in [-0.4, -0.2) is 18.5 Å². The summed E-state index contributed by atoms with van der Waals surface area (Å²) < 4.78 is 24.6. The number of nitrogens with one attached hydrogen (secondary N) is 2. The highest BCUT2D eigenvalue weighted by Crippen LogP contribution is 2.11. The van der Waals surface area contributed by atoms with Crippen molar-refractivity contribution in [1.29, 1.82) is 0 Å². The SMILES string of the molecule is Cc1c(N)[nH]n(Cc2ccc(NS(=O)[O-])cc2)c1=O. The molecule has 2 aromatic rings. The Labute approximate surface area is 111 Å². The van der Waals surface area contributed by atoms with Crippen molar-refractivity contribution in [3.05, 3.63) is 45.7 Å². The van der Waals surface area contributed by atoms with E-state index in [1.807, 2.05) is 0 Å². The van der Waals surface area contributed by atoms with Crippen LogP contribution in [0.3, 0.4) is 0 Å². The first-order chi connectivity index (χ1) is 8.97. The minimum Gasteiger partial charge on any atom is -0.755 e. The van der Waals surface area contributed by atoms with E-state index in [4.69, 9.17) is 5.73 Å². The number of aromatic amines is 1. The third-order valence-corrected chi connectivity index (χ3v) is 3.12. The lowest BCUT2D eigenvalue weighted by Gasteiger charge is -2.09. The molecule has 1 aromatic heterocycles. The second-order valence-electron chi connectivity index (χ2n) is 4.08. The van der Waals surface area contributed by atoms with Gasteiger partial charge in [-0.15, -0.1) is 0 Å². The maximum Gasteiger partial charge on any atom is 0.271 e. The summed E-state index contributed by atoms with van der Waals surface area (Å²) in [6.45, 7) is 2.00. The second kappa shape index (κ2) is 5.29. The van der Waals surface area contributed by atoms with Gasteiger partial charge in [0.05, 0.1) is 12.1 Å². The molecule has 0 amide bonds. The molecule has 0 saturated heterocycles. The average molecular weight is 281 g/mol. The number of rotatable bonds is 4. The van der Waals surface area contributed by atoms with Crippen molar-refractivity contribution in [3.8, 4) is 0 Å². The van der Waals surface area contributed by atoms with Gasteiger partial charge in [-0.25, -0.2) is 4.68 Å². The minimum absolute atomic E-state index is 0.166. The number of nitrogens with two attached hydrogens (primary N) is 1. The summed E-state index contributed by atoms with van der Waals surface area (Å²) in [4.78, 5) is 11.8. The second-order valence-corrected chi connectivity index (χ2v) is 4.75. The zero-order chi connectivity index (χ0) is 14.0. The van der Waals surface area contributed by atoms with Crippen molar-refractivity contribution < 1.29 is 8.76 Å². The maximum atomic E-state index is 11.8. The van der Waals surface area contributed by atoms with Gasteiger partial charge in [-0.1, -0.05) is 12.1 Å². The highest BCUT2D eigenvalue weighted by atomic mass is 32.2. The Kier molecular flexibility index (Phi) is 3.72. The van der Waals surface area contributed by atoms with E-state index in [1.54, 1.807) is 31.2 Å². The van der Waals surface area contributed by atoms with E-state index in [0.717, 1.165) is 5.56 Å². The number of aromatic nitrogens is 2. The molecule has 0 aliphatic heterocycles. The first-order valence-corrected chi connectivity index (χ1v) is 6.54. The molecular weight excluding hydrogens is 268 g/mol. The largest absolute Gasteiger partial charge is 0.755 e. The van der Waals surface area contributed by atoms with Crippen LogP contribution >= 0.6 is 0 Å². The molecule has 0 fully saturated rings. The fraction of sp³-hybridized carbons (Fsp3) is 0.182. The zero-order valence-corrected chi connectivity index (χ0v) is 11.0. The molecule has 2 rings (SSSR count). The van der Waals surface area contributed by atoms with Crippen LogP contribution in [0.2, 0.25) is 0 Å². The topological polar surface area (TPSA) is 116 Å². The van der Waals surface area contributed by atoms with Crippen molar-refractivity contribution >= 4 is 22.8 Å². The molecule has 8 heteroatoms. The molecule has 1 unspecified atom stereocenters. The third-order valence-electron chi connectivity index (χ3n) is 2.72. The van der Waals surface area contributed by atoms with E-state index in [-0.39, 0.29) is 5.56 Å². The molecule has 0 bridgehead atoms. The van der Waals surface area contributed by atoms with Gasteiger partial charge in [0.1, 0.15) is 5.82 Å². The molecule has 0 saturated carbocycles. The van der Waals surface area contributed by atoms with Crippen LogP contribution in [0.5, 0.6) is 0 Å². The van der Waals surface area contributed by atoms with Gasteiger partial charge in [0.25, 0.3) is 5.56 Å². The van der Waals surface area contributed by atoms with E-state index in [1.165, 1.54) is 4.68 Å². The normalized spacial score (nSPS) is 12.3. The summed E-state index contributed by atoms with van der Waals surface area (Å²) in [5, 5.41) is 2.78. The molecular formula is C11H13N4O3S-. The minimum atomic E-state index is -2.34. The molecule has 4 N–H and O–H groups in total. The summed E-state index contributed by atoms with van der Waals surface area (Å²) in [5.74, 6) is 0.352. The lowest BCUT2D eigenvalue weighted by molar-refractivity contribution is 0.542. The van der Waals surface area contributed by atoms with Crippen LogP contribution in [0, 0.1) is 6.92 Å². The molecule has 0 radical (unpaired) electrons. The van der Waals surface area contributed by atoms with Crippen molar-refractivity contribution in [2.75, 3.05) is 10.5 Å². The molecule has 7 nitrogen and oxygen atoms in total. The monoisotopic (exact) mass is 281 g/mol. The van der Waals surface area contributed by atoms with Gasteiger partial charge in [0.2, 0.25) is 0 Å². The van der Waals surface area contributed by atoms with Gasteiger partial charge in [-0.2, -0.15) is 0 Å². The van der Waals surface area contributed by atoms with Gasteiger partial charge in [-0.3, -0.25) is 14.1 Å². The van der Waals surface area contributed by atoms with Crippen molar-refractivity contribution in [1.82, 2.24) is 9.78 Å². The number of nitrogens with zero attached hydrogens (tertiary/aromatic N) is 1. The lowest BCUT2D eigenvalue weighted by Crippen LogP contribution is -2.18. The number of nitrogen functional groups attached to an aromatic ring is 1. The van der Waals surface area contributed by atoms with E-state index in [2.05, 4.69) is 9.82 Å². The Hall–Kier alpha value is -2.06. The quantitative estimate of drug-likeness (QED) is 0.700. The predicted octanol–water partition coefficient (Wildman–Crippen LogP) is 0.321. The summed E-state index contributed by atoms with van der Waals surface area (Å²) >= 11 is -2.34. The van der Waals surface area contributed by atoms with Crippen LogP contribution in [0.4, 0.5) is 11.5 Å². The van der Waals surface area contributed by atoms with Gasteiger partial charge >= 0.3 is 0 Å². The zero-order valence-electron chi connectivity index (χ0n) is 10.2. The molecule has 19 heavy (non-hydrogen) atoms. The molecule has 0 aliphatic rings. The number of benzene rings is 1.